The fraction of sp³-hybridized carbons (Fsp3) is 0.118. The van der Waals surface area contributed by atoms with Crippen molar-refractivity contribution >= 4 is 23.3 Å². The van der Waals surface area contributed by atoms with Gasteiger partial charge in [-0.2, -0.15) is 0 Å². The Morgan fingerprint density at radius 3 is 2.14 bits per heavy atom. The third kappa shape index (κ3) is 3.38. The van der Waals surface area contributed by atoms with Gasteiger partial charge < -0.3 is 20.3 Å². The number of hydrogen-bond acceptors (Lipinski definition) is 4. The van der Waals surface area contributed by atoms with Gasteiger partial charge in [-0.15, -0.1) is 0 Å². The van der Waals surface area contributed by atoms with Gasteiger partial charge in [-0.3, -0.25) is 0 Å². The molecular weight excluding hydrogens is 282 g/mol. The molecule has 0 fully saturated rings. The Morgan fingerprint density at radius 1 is 1.05 bits per heavy atom. The molecule has 5 nitrogen and oxygen atoms in total. The summed E-state index contributed by atoms with van der Waals surface area (Å²) in [6.45, 7) is 0. The fourth-order valence-corrected chi connectivity index (χ4v) is 2.01. The summed E-state index contributed by atoms with van der Waals surface area (Å²) >= 11 is 0. The number of anilines is 1. The van der Waals surface area contributed by atoms with Gasteiger partial charge in [-0.1, -0.05) is 12.1 Å². The Labute approximate surface area is 128 Å². The molecule has 0 aromatic heterocycles. The summed E-state index contributed by atoms with van der Waals surface area (Å²) in [6.07, 6.45) is 1.54. The van der Waals surface area contributed by atoms with E-state index in [1.165, 1.54) is 0 Å². The highest BCUT2D eigenvalue weighted by atomic mass is 16.5. The predicted octanol–water partition coefficient (Wildman–Crippen LogP) is 2.91. The van der Waals surface area contributed by atoms with Crippen LogP contribution in [0.1, 0.15) is 11.1 Å². The lowest BCUT2D eigenvalue weighted by Gasteiger charge is -2.08. The lowest BCUT2D eigenvalue weighted by molar-refractivity contribution is -0.130. The van der Waals surface area contributed by atoms with Crippen LogP contribution in [0.2, 0.25) is 0 Å². The number of carboxylic acids is 1. The third-order valence-electron chi connectivity index (χ3n) is 3.23. The highest BCUT2D eigenvalue weighted by Crippen LogP contribution is 2.26. The largest absolute Gasteiger partial charge is 0.497 e. The van der Waals surface area contributed by atoms with Crippen LogP contribution in [0, 0.1) is 0 Å². The van der Waals surface area contributed by atoms with Crippen LogP contribution in [0.15, 0.2) is 42.5 Å². The van der Waals surface area contributed by atoms with E-state index >= 15 is 0 Å². The van der Waals surface area contributed by atoms with Gasteiger partial charge in [0, 0.05) is 11.8 Å². The number of nitrogens with two attached hydrogens (primary N) is 1. The van der Waals surface area contributed by atoms with Crippen molar-refractivity contribution in [1.82, 2.24) is 0 Å². The Balaban J connectivity index is 2.44. The van der Waals surface area contributed by atoms with Crippen LogP contribution in [0.4, 0.5) is 5.69 Å². The van der Waals surface area contributed by atoms with Crippen molar-refractivity contribution in [1.29, 1.82) is 0 Å². The van der Waals surface area contributed by atoms with E-state index in [0.717, 1.165) is 0 Å². The van der Waals surface area contributed by atoms with Crippen molar-refractivity contribution in [3.05, 3.63) is 53.6 Å². The highest BCUT2D eigenvalue weighted by Gasteiger charge is 2.12. The molecule has 0 aliphatic carbocycles. The normalized spacial score (nSPS) is 11.1. The van der Waals surface area contributed by atoms with E-state index in [1.54, 1.807) is 62.8 Å². The highest BCUT2D eigenvalue weighted by molar-refractivity contribution is 6.21. The molecule has 114 valence electrons. The van der Waals surface area contributed by atoms with E-state index in [-0.39, 0.29) is 5.57 Å². The van der Waals surface area contributed by atoms with E-state index in [2.05, 4.69) is 0 Å². The van der Waals surface area contributed by atoms with Crippen molar-refractivity contribution in [2.45, 2.75) is 0 Å². The summed E-state index contributed by atoms with van der Waals surface area (Å²) < 4.78 is 10.2. The molecule has 0 atom stereocenters. The monoisotopic (exact) mass is 299 g/mol. The standard InChI is InChI=1S/C17H17NO4/c1-21-13-6-3-11(4-7-13)15(17(19)20)9-12-5-8-14(22-2)10-16(12)18/h3-10H,18H2,1-2H3,(H,19,20). The number of carbonyl (C=O) groups is 1. The van der Waals surface area contributed by atoms with E-state index in [1.807, 2.05) is 0 Å². The predicted molar refractivity (Wildman–Crippen MR) is 85.9 cm³/mol. The minimum absolute atomic E-state index is 0.152. The first-order chi connectivity index (χ1) is 10.5. The zero-order valence-electron chi connectivity index (χ0n) is 12.4. The van der Waals surface area contributed by atoms with Gasteiger partial charge in [0.15, 0.2) is 0 Å². The van der Waals surface area contributed by atoms with Gasteiger partial charge >= 0.3 is 5.97 Å². The Hall–Kier alpha value is -2.95. The lowest BCUT2D eigenvalue weighted by atomic mass is 10.0. The Bertz CT molecular complexity index is 705. The quantitative estimate of drug-likeness (QED) is 0.504. The molecule has 2 rings (SSSR count). The molecule has 2 aromatic carbocycles. The molecule has 0 amide bonds. The van der Waals surface area contributed by atoms with Crippen molar-refractivity contribution < 1.29 is 19.4 Å². The molecule has 0 saturated heterocycles. The van der Waals surface area contributed by atoms with Crippen molar-refractivity contribution in [2.24, 2.45) is 0 Å². The molecule has 0 saturated carbocycles. The third-order valence-corrected chi connectivity index (χ3v) is 3.23. The smallest absolute Gasteiger partial charge is 0.336 e. The van der Waals surface area contributed by atoms with Gasteiger partial charge in [-0.05, 0) is 41.5 Å². The van der Waals surface area contributed by atoms with Crippen LogP contribution >= 0.6 is 0 Å². The number of hydrogen-bond donors (Lipinski definition) is 2. The second-order valence-electron chi connectivity index (χ2n) is 4.59. The summed E-state index contributed by atoms with van der Waals surface area (Å²) in [6, 6.07) is 11.9. The molecule has 22 heavy (non-hydrogen) atoms. The van der Waals surface area contributed by atoms with Crippen molar-refractivity contribution in [3.8, 4) is 11.5 Å². The molecule has 0 heterocycles. The van der Waals surface area contributed by atoms with Gasteiger partial charge in [0.05, 0.1) is 19.8 Å². The van der Waals surface area contributed by atoms with Gasteiger partial charge in [0.1, 0.15) is 11.5 Å². The van der Waals surface area contributed by atoms with Gasteiger partial charge in [0.2, 0.25) is 0 Å². The first-order valence-corrected chi connectivity index (χ1v) is 6.58. The number of benzene rings is 2. The molecule has 0 radical (unpaired) electrons. The Kier molecular flexibility index (Phi) is 4.68. The second kappa shape index (κ2) is 6.67. The van der Waals surface area contributed by atoms with Crippen LogP contribution < -0.4 is 15.2 Å². The van der Waals surface area contributed by atoms with E-state index in [0.29, 0.717) is 28.3 Å². The maximum absolute atomic E-state index is 11.5. The molecule has 0 spiro atoms. The summed E-state index contributed by atoms with van der Waals surface area (Å²) in [4.78, 5) is 11.5. The van der Waals surface area contributed by atoms with Crippen LogP contribution in [-0.4, -0.2) is 25.3 Å². The summed E-state index contributed by atoms with van der Waals surface area (Å²) in [5.74, 6) is 0.258. The summed E-state index contributed by atoms with van der Waals surface area (Å²) in [5.41, 5.74) is 7.73. The van der Waals surface area contributed by atoms with Crippen molar-refractivity contribution in [2.75, 3.05) is 20.0 Å². The average Bonchev–Trinajstić information content (AvgIpc) is 2.53. The number of ether oxygens (including phenoxy) is 2. The SMILES string of the molecule is COc1ccc(C(=Cc2ccc(OC)cc2N)C(=O)O)cc1. The number of methoxy groups -OCH3 is 2. The molecule has 3 N–H and O–H groups in total. The van der Waals surface area contributed by atoms with Crippen LogP contribution in [-0.2, 0) is 4.79 Å². The number of aliphatic carboxylic acids is 1. The van der Waals surface area contributed by atoms with E-state index in [9.17, 15) is 9.90 Å². The summed E-state index contributed by atoms with van der Waals surface area (Å²) in [7, 11) is 3.10. The number of nitrogen functional groups attached to an aromatic ring is 1. The second-order valence-corrected chi connectivity index (χ2v) is 4.59. The average molecular weight is 299 g/mol. The zero-order chi connectivity index (χ0) is 16.1. The topological polar surface area (TPSA) is 81.8 Å². The first-order valence-electron chi connectivity index (χ1n) is 6.58. The minimum Gasteiger partial charge on any atom is -0.497 e. The minimum atomic E-state index is -1.03. The van der Waals surface area contributed by atoms with Gasteiger partial charge in [-0.25, -0.2) is 4.79 Å². The molecule has 0 aliphatic heterocycles. The fourth-order valence-electron chi connectivity index (χ4n) is 2.01. The van der Waals surface area contributed by atoms with Crippen LogP contribution in [0.25, 0.3) is 11.6 Å². The van der Waals surface area contributed by atoms with E-state index in [4.69, 9.17) is 15.2 Å². The molecule has 0 unspecified atom stereocenters. The zero-order valence-corrected chi connectivity index (χ0v) is 12.4. The first kappa shape index (κ1) is 15.4. The Morgan fingerprint density at radius 2 is 1.64 bits per heavy atom. The summed E-state index contributed by atoms with van der Waals surface area (Å²) in [5, 5.41) is 9.44. The molecule has 5 heteroatoms. The number of rotatable bonds is 5. The van der Waals surface area contributed by atoms with Crippen LogP contribution in [0.5, 0.6) is 11.5 Å². The van der Waals surface area contributed by atoms with Crippen molar-refractivity contribution in [3.63, 3.8) is 0 Å². The van der Waals surface area contributed by atoms with Crippen LogP contribution in [0.3, 0.4) is 0 Å². The van der Waals surface area contributed by atoms with E-state index < -0.39 is 5.97 Å². The molecule has 0 bridgehead atoms. The molecule has 0 aliphatic rings. The number of carboxylic acid groups (broad SMARTS) is 1. The van der Waals surface area contributed by atoms with Gasteiger partial charge in [0.25, 0.3) is 0 Å². The molecule has 2 aromatic rings. The lowest BCUT2D eigenvalue weighted by Crippen LogP contribution is -2.00. The molecular formula is C17H17NO4. The maximum Gasteiger partial charge on any atom is 0.336 e. The maximum atomic E-state index is 11.5.